The molecule has 0 amide bonds. The zero-order valence-electron chi connectivity index (χ0n) is 12.2. The standard InChI is InChI=1S/C15H26N2O/c1-6-18-14-9-7-13(8-10-14)15(17(4)5)11-16-12(2)3/h7-10,12,15-16H,6,11H2,1-5H3. The summed E-state index contributed by atoms with van der Waals surface area (Å²) in [5.41, 5.74) is 1.32. The number of hydrogen-bond donors (Lipinski definition) is 1. The van der Waals surface area contributed by atoms with E-state index in [2.05, 4.69) is 50.3 Å². The first kappa shape index (κ1) is 15.0. The topological polar surface area (TPSA) is 24.5 Å². The predicted molar refractivity (Wildman–Crippen MR) is 77.2 cm³/mol. The van der Waals surface area contributed by atoms with Gasteiger partial charge in [0.25, 0.3) is 0 Å². The van der Waals surface area contributed by atoms with Gasteiger partial charge in [0.1, 0.15) is 5.75 Å². The van der Waals surface area contributed by atoms with E-state index in [1.54, 1.807) is 0 Å². The van der Waals surface area contributed by atoms with Crippen LogP contribution in [0.3, 0.4) is 0 Å². The van der Waals surface area contributed by atoms with Crippen LogP contribution >= 0.6 is 0 Å². The summed E-state index contributed by atoms with van der Waals surface area (Å²) in [7, 11) is 4.23. The summed E-state index contributed by atoms with van der Waals surface area (Å²) in [6.07, 6.45) is 0. The van der Waals surface area contributed by atoms with Crippen molar-refractivity contribution in [3.05, 3.63) is 29.8 Å². The van der Waals surface area contributed by atoms with E-state index in [1.807, 2.05) is 19.1 Å². The van der Waals surface area contributed by atoms with Crippen LogP contribution in [0.2, 0.25) is 0 Å². The van der Waals surface area contributed by atoms with Crippen molar-refractivity contribution in [2.24, 2.45) is 0 Å². The second-order valence-electron chi connectivity index (χ2n) is 5.04. The molecule has 3 nitrogen and oxygen atoms in total. The molecule has 0 aliphatic heterocycles. The fourth-order valence-corrected chi connectivity index (χ4v) is 1.90. The molecule has 0 aliphatic carbocycles. The molecular weight excluding hydrogens is 224 g/mol. The van der Waals surface area contributed by atoms with Crippen molar-refractivity contribution >= 4 is 0 Å². The maximum atomic E-state index is 5.47. The van der Waals surface area contributed by atoms with Gasteiger partial charge in [-0.25, -0.2) is 0 Å². The van der Waals surface area contributed by atoms with Gasteiger partial charge in [-0.3, -0.25) is 0 Å². The zero-order chi connectivity index (χ0) is 13.5. The second-order valence-corrected chi connectivity index (χ2v) is 5.04. The number of nitrogens with zero attached hydrogens (tertiary/aromatic N) is 1. The maximum absolute atomic E-state index is 5.47. The number of rotatable bonds is 7. The molecule has 0 saturated heterocycles. The molecule has 0 aliphatic rings. The normalized spacial score (nSPS) is 13.1. The van der Waals surface area contributed by atoms with Gasteiger partial charge in [-0.1, -0.05) is 26.0 Å². The van der Waals surface area contributed by atoms with Gasteiger partial charge in [0.2, 0.25) is 0 Å². The number of likely N-dealkylation sites (N-methyl/N-ethyl adjacent to an activating group) is 1. The van der Waals surface area contributed by atoms with E-state index in [4.69, 9.17) is 4.74 Å². The molecule has 1 aromatic rings. The van der Waals surface area contributed by atoms with Crippen LogP contribution in [0.4, 0.5) is 0 Å². The first-order valence-corrected chi connectivity index (χ1v) is 6.67. The summed E-state index contributed by atoms with van der Waals surface area (Å²) < 4.78 is 5.47. The second kappa shape index (κ2) is 7.39. The number of ether oxygens (including phenoxy) is 1. The van der Waals surface area contributed by atoms with E-state index in [1.165, 1.54) is 5.56 Å². The Morgan fingerprint density at radius 2 is 1.78 bits per heavy atom. The fourth-order valence-electron chi connectivity index (χ4n) is 1.90. The Balaban J connectivity index is 2.72. The Morgan fingerprint density at radius 3 is 2.22 bits per heavy atom. The molecule has 102 valence electrons. The summed E-state index contributed by atoms with van der Waals surface area (Å²) in [4.78, 5) is 2.24. The van der Waals surface area contributed by atoms with Gasteiger partial charge in [-0.2, -0.15) is 0 Å². The van der Waals surface area contributed by atoms with Gasteiger partial charge in [0, 0.05) is 18.6 Å². The largest absolute Gasteiger partial charge is 0.494 e. The third-order valence-electron chi connectivity index (χ3n) is 2.92. The minimum absolute atomic E-state index is 0.392. The molecule has 0 aromatic heterocycles. The molecule has 1 unspecified atom stereocenters. The number of nitrogens with one attached hydrogen (secondary N) is 1. The van der Waals surface area contributed by atoms with E-state index in [0.29, 0.717) is 18.7 Å². The zero-order valence-corrected chi connectivity index (χ0v) is 12.2. The van der Waals surface area contributed by atoms with Crippen LogP contribution in [-0.4, -0.2) is 38.2 Å². The summed E-state index contributed by atoms with van der Waals surface area (Å²) in [6, 6.07) is 9.29. The predicted octanol–water partition coefficient (Wildman–Crippen LogP) is 2.69. The lowest BCUT2D eigenvalue weighted by molar-refractivity contribution is 0.282. The van der Waals surface area contributed by atoms with E-state index in [0.717, 1.165) is 12.3 Å². The molecule has 0 heterocycles. The molecule has 18 heavy (non-hydrogen) atoms. The first-order chi connectivity index (χ1) is 8.54. The maximum Gasteiger partial charge on any atom is 0.119 e. The highest BCUT2D eigenvalue weighted by molar-refractivity contribution is 5.29. The van der Waals surface area contributed by atoms with Crippen LogP contribution in [0.1, 0.15) is 32.4 Å². The summed E-state index contributed by atoms with van der Waals surface area (Å²) in [5.74, 6) is 0.940. The highest BCUT2D eigenvalue weighted by Crippen LogP contribution is 2.21. The Bertz CT molecular complexity index is 333. The fraction of sp³-hybridized carbons (Fsp3) is 0.600. The highest BCUT2D eigenvalue weighted by atomic mass is 16.5. The highest BCUT2D eigenvalue weighted by Gasteiger charge is 2.14. The van der Waals surface area contributed by atoms with Crippen LogP contribution < -0.4 is 10.1 Å². The minimum atomic E-state index is 0.392. The number of hydrogen-bond acceptors (Lipinski definition) is 3. The summed E-state index contributed by atoms with van der Waals surface area (Å²) >= 11 is 0. The molecule has 0 saturated carbocycles. The SMILES string of the molecule is CCOc1ccc(C(CNC(C)C)N(C)C)cc1. The summed E-state index contributed by atoms with van der Waals surface area (Å²) in [5, 5.41) is 3.49. The van der Waals surface area contributed by atoms with E-state index in [-0.39, 0.29) is 0 Å². The van der Waals surface area contributed by atoms with Crippen molar-refractivity contribution in [3.8, 4) is 5.75 Å². The average molecular weight is 250 g/mol. The lowest BCUT2D eigenvalue weighted by Crippen LogP contribution is -2.34. The number of benzene rings is 1. The third kappa shape index (κ3) is 4.67. The minimum Gasteiger partial charge on any atom is -0.494 e. The van der Waals surface area contributed by atoms with Crippen molar-refractivity contribution < 1.29 is 4.74 Å². The Hall–Kier alpha value is -1.06. The van der Waals surface area contributed by atoms with E-state index in [9.17, 15) is 0 Å². The lowest BCUT2D eigenvalue weighted by Gasteiger charge is -2.26. The van der Waals surface area contributed by atoms with Gasteiger partial charge in [0.15, 0.2) is 0 Å². The van der Waals surface area contributed by atoms with E-state index >= 15 is 0 Å². The molecule has 1 aromatic carbocycles. The van der Waals surface area contributed by atoms with Crippen molar-refractivity contribution in [2.45, 2.75) is 32.9 Å². The van der Waals surface area contributed by atoms with Gasteiger partial charge in [-0.15, -0.1) is 0 Å². The molecule has 0 fully saturated rings. The lowest BCUT2D eigenvalue weighted by atomic mass is 10.1. The molecule has 0 spiro atoms. The quantitative estimate of drug-likeness (QED) is 0.805. The Morgan fingerprint density at radius 1 is 1.17 bits per heavy atom. The third-order valence-corrected chi connectivity index (χ3v) is 2.92. The Kier molecular flexibility index (Phi) is 6.16. The van der Waals surface area contributed by atoms with Crippen LogP contribution in [0.25, 0.3) is 0 Å². The van der Waals surface area contributed by atoms with Crippen LogP contribution in [0.15, 0.2) is 24.3 Å². The van der Waals surface area contributed by atoms with Crippen molar-refractivity contribution in [1.82, 2.24) is 10.2 Å². The van der Waals surface area contributed by atoms with Crippen LogP contribution in [0, 0.1) is 0 Å². The average Bonchev–Trinajstić information content (AvgIpc) is 2.31. The monoisotopic (exact) mass is 250 g/mol. The van der Waals surface area contributed by atoms with E-state index < -0.39 is 0 Å². The van der Waals surface area contributed by atoms with Crippen LogP contribution in [0.5, 0.6) is 5.75 Å². The molecular formula is C15H26N2O. The van der Waals surface area contributed by atoms with Gasteiger partial charge in [-0.05, 0) is 38.7 Å². The van der Waals surface area contributed by atoms with Crippen LogP contribution in [-0.2, 0) is 0 Å². The molecule has 3 heteroatoms. The summed E-state index contributed by atoms with van der Waals surface area (Å²) in [6.45, 7) is 8.02. The Labute approximate surface area is 111 Å². The molecule has 0 radical (unpaired) electrons. The van der Waals surface area contributed by atoms with Crippen molar-refractivity contribution in [3.63, 3.8) is 0 Å². The van der Waals surface area contributed by atoms with Gasteiger partial charge in [0.05, 0.1) is 6.61 Å². The molecule has 1 rings (SSSR count). The molecule has 0 bridgehead atoms. The molecule has 1 atom stereocenters. The first-order valence-electron chi connectivity index (χ1n) is 6.67. The molecule has 1 N–H and O–H groups in total. The van der Waals surface area contributed by atoms with Crippen molar-refractivity contribution in [2.75, 3.05) is 27.2 Å². The van der Waals surface area contributed by atoms with Crippen molar-refractivity contribution in [1.29, 1.82) is 0 Å². The smallest absolute Gasteiger partial charge is 0.119 e. The van der Waals surface area contributed by atoms with Gasteiger partial charge >= 0.3 is 0 Å². The van der Waals surface area contributed by atoms with Gasteiger partial charge < -0.3 is 15.0 Å².